The van der Waals surface area contributed by atoms with Gasteiger partial charge in [-0.2, -0.15) is 8.42 Å². The van der Waals surface area contributed by atoms with Gasteiger partial charge in [0.2, 0.25) is 0 Å². The summed E-state index contributed by atoms with van der Waals surface area (Å²) in [5.74, 6) is 0. The number of hydrogen-bond acceptors (Lipinski definition) is 4. The van der Waals surface area contributed by atoms with Gasteiger partial charge in [-0.15, -0.1) is 0 Å². The largest absolute Gasteiger partial charge is 0.339 e. The molecule has 0 aromatic rings. The number of rotatable bonds is 0. The lowest BCUT2D eigenvalue weighted by molar-refractivity contribution is 0.252. The molecule has 7 heteroatoms. The van der Waals surface area contributed by atoms with Crippen LogP contribution in [0.5, 0.6) is 0 Å². The number of hydrogen-bond donors (Lipinski definition) is 2. The smallest absolute Gasteiger partial charge is 0.266 e. The molecule has 46 valence electrons. The molecule has 1 aliphatic heterocycles. The molecule has 0 aromatic heterocycles. The van der Waals surface area contributed by atoms with Gasteiger partial charge in [-0.05, 0) is 0 Å². The molecule has 8 heavy (non-hydrogen) atoms. The van der Waals surface area contributed by atoms with Crippen molar-refractivity contribution < 1.29 is 13.2 Å². The van der Waals surface area contributed by atoms with Gasteiger partial charge in [0.25, 0.3) is 0 Å². The van der Waals surface area contributed by atoms with Crippen molar-refractivity contribution in [2.24, 2.45) is 0 Å². The summed E-state index contributed by atoms with van der Waals surface area (Å²) in [5, 5.41) is 0. The summed E-state index contributed by atoms with van der Waals surface area (Å²) >= 11 is 0. The molecule has 2 amide bonds. The van der Waals surface area contributed by atoms with Crippen LogP contribution in [0, 0.1) is 0 Å². The first kappa shape index (κ1) is 5.70. The monoisotopic (exact) mass is 154 g/mol. The minimum absolute atomic E-state index is 0.369. The molecule has 0 bridgehead atoms. The van der Waals surface area contributed by atoms with Crippen LogP contribution in [0.25, 0.3) is 0 Å². The van der Waals surface area contributed by atoms with Crippen molar-refractivity contribution in [2.45, 2.75) is 0 Å². The normalized spacial score (nSPS) is 24.2. The van der Waals surface area contributed by atoms with Crippen LogP contribution in [0.3, 0.4) is 0 Å². The van der Waals surface area contributed by atoms with Crippen LogP contribution in [0.2, 0.25) is 0 Å². The minimum Gasteiger partial charge on any atom is -0.266 e. The van der Waals surface area contributed by atoms with E-state index in [9.17, 15) is 13.2 Å². The van der Waals surface area contributed by atoms with Crippen LogP contribution >= 0.6 is 11.0 Å². The summed E-state index contributed by atoms with van der Waals surface area (Å²) in [5.41, 5.74) is 0. The molecule has 1 aliphatic rings. The molecule has 1 fully saturated rings. The lowest BCUT2D eigenvalue weighted by Gasteiger charge is -1.80. The predicted octanol–water partition coefficient (Wildman–Crippen LogP) is -0.808. The van der Waals surface area contributed by atoms with Crippen LogP contribution in [0.4, 0.5) is 4.79 Å². The Morgan fingerprint density at radius 1 is 1.50 bits per heavy atom. The first-order valence-corrected chi connectivity index (χ1v) is 4.43. The van der Waals surface area contributed by atoms with Crippen molar-refractivity contribution in [3.05, 3.63) is 0 Å². The predicted molar refractivity (Wildman–Crippen MR) is 28.2 cm³/mol. The Labute approximate surface area is 49.4 Å². The van der Waals surface area contributed by atoms with E-state index in [4.69, 9.17) is 0 Å². The van der Waals surface area contributed by atoms with Gasteiger partial charge >= 0.3 is 15.1 Å². The molecule has 0 unspecified atom stereocenters. The van der Waals surface area contributed by atoms with Crippen molar-refractivity contribution in [3.8, 4) is 0 Å². The van der Waals surface area contributed by atoms with E-state index in [0.29, 0.717) is 11.0 Å². The zero-order valence-electron chi connectivity index (χ0n) is 3.54. The Balaban J connectivity index is 2.86. The van der Waals surface area contributed by atoms with E-state index in [1.54, 1.807) is 4.72 Å². The molecule has 2 N–H and O–H groups in total. The van der Waals surface area contributed by atoms with E-state index in [0.717, 1.165) is 0 Å². The Hall–Kier alpha value is -0.430. The maximum Gasteiger partial charge on any atom is 0.339 e. The SMILES string of the molecule is O=C1NSS(=O)(=O)N1. The number of carbonyl (C=O) groups excluding carboxylic acids is 1. The third-order valence-corrected chi connectivity index (χ3v) is 2.54. The van der Waals surface area contributed by atoms with Crippen LogP contribution in [0.1, 0.15) is 0 Å². The average molecular weight is 154 g/mol. The highest BCUT2D eigenvalue weighted by Crippen LogP contribution is 2.09. The number of urea groups is 1. The molecule has 1 heterocycles. The summed E-state index contributed by atoms with van der Waals surface area (Å²) in [6.07, 6.45) is 0. The van der Waals surface area contributed by atoms with E-state index in [-0.39, 0.29) is 0 Å². The second kappa shape index (κ2) is 1.52. The zero-order chi connectivity index (χ0) is 6.20. The fourth-order valence-electron chi connectivity index (χ4n) is 0.248. The maximum absolute atomic E-state index is 10.2. The first-order chi connectivity index (χ1) is 3.60. The summed E-state index contributed by atoms with van der Waals surface area (Å²) in [7, 11) is -3.02. The van der Waals surface area contributed by atoms with E-state index in [2.05, 4.69) is 0 Å². The van der Waals surface area contributed by atoms with Crippen LogP contribution in [-0.4, -0.2) is 14.4 Å². The van der Waals surface area contributed by atoms with Crippen molar-refractivity contribution in [1.29, 1.82) is 0 Å². The fraction of sp³-hybridized carbons (Fsp3) is 0. The van der Waals surface area contributed by atoms with Gasteiger partial charge < -0.3 is 0 Å². The third-order valence-electron chi connectivity index (χ3n) is 0.462. The third kappa shape index (κ3) is 1.04. The number of carbonyl (C=O) groups is 1. The molecular formula is CH2N2O3S2. The molecule has 0 spiro atoms. The standard InChI is InChI=1S/CH2N2O3S2/c4-1-2-7-8(5,6)3-1/h(H2,2,3,4). The second-order valence-corrected chi connectivity index (χ2v) is 4.37. The minimum atomic E-state index is -3.39. The van der Waals surface area contributed by atoms with Gasteiger partial charge in [-0.3, -0.25) is 4.72 Å². The molecule has 0 atom stereocenters. The highest BCUT2D eigenvalue weighted by atomic mass is 33.1. The number of nitrogens with one attached hydrogen (secondary N) is 2. The highest BCUT2D eigenvalue weighted by molar-refractivity contribution is 8.71. The molecule has 0 aromatic carbocycles. The zero-order valence-corrected chi connectivity index (χ0v) is 5.17. The van der Waals surface area contributed by atoms with Gasteiger partial charge in [0.05, 0.1) is 0 Å². The second-order valence-electron chi connectivity index (χ2n) is 1.07. The van der Waals surface area contributed by atoms with Crippen molar-refractivity contribution in [1.82, 2.24) is 9.44 Å². The van der Waals surface area contributed by atoms with E-state index < -0.39 is 15.1 Å². The van der Waals surface area contributed by atoms with Gasteiger partial charge in [-0.1, -0.05) is 0 Å². The average Bonchev–Trinajstić information content (AvgIpc) is 1.82. The van der Waals surface area contributed by atoms with Crippen LogP contribution in [0.15, 0.2) is 0 Å². The summed E-state index contributed by atoms with van der Waals surface area (Å²) in [6, 6.07) is -0.685. The quantitative estimate of drug-likeness (QED) is 0.353. The highest BCUT2D eigenvalue weighted by Gasteiger charge is 2.23. The lowest BCUT2D eigenvalue weighted by Crippen LogP contribution is -2.22. The van der Waals surface area contributed by atoms with Crippen molar-refractivity contribution in [3.63, 3.8) is 0 Å². The molecule has 0 saturated carbocycles. The Bertz CT molecular complexity index is 205. The maximum atomic E-state index is 10.2. The number of amides is 2. The van der Waals surface area contributed by atoms with Gasteiger partial charge in [0, 0.05) is 0 Å². The van der Waals surface area contributed by atoms with E-state index in [1.165, 1.54) is 0 Å². The summed E-state index contributed by atoms with van der Waals surface area (Å²) in [4.78, 5) is 10.0. The molecule has 1 saturated heterocycles. The lowest BCUT2D eigenvalue weighted by atomic mass is 11.2. The van der Waals surface area contributed by atoms with Crippen molar-refractivity contribution >= 4 is 26.1 Å². The van der Waals surface area contributed by atoms with Gasteiger partial charge in [0.15, 0.2) is 0 Å². The first-order valence-electron chi connectivity index (χ1n) is 1.61. The van der Waals surface area contributed by atoms with Crippen LogP contribution in [-0.2, 0) is 9.06 Å². The van der Waals surface area contributed by atoms with Crippen LogP contribution < -0.4 is 9.44 Å². The molecule has 0 radical (unpaired) electrons. The molecule has 5 nitrogen and oxygen atoms in total. The molecule has 0 aliphatic carbocycles. The summed E-state index contributed by atoms with van der Waals surface area (Å²) < 4.78 is 24.1. The van der Waals surface area contributed by atoms with Gasteiger partial charge in [0.1, 0.15) is 11.0 Å². The fourth-order valence-corrected chi connectivity index (χ4v) is 1.78. The van der Waals surface area contributed by atoms with Crippen molar-refractivity contribution in [2.75, 3.05) is 0 Å². The molecule has 1 rings (SSSR count). The Kier molecular flexibility index (Phi) is 1.09. The molecular weight excluding hydrogens is 152 g/mol. The Morgan fingerprint density at radius 3 is 2.25 bits per heavy atom. The van der Waals surface area contributed by atoms with E-state index in [1.807, 2.05) is 4.72 Å². The Morgan fingerprint density at radius 2 is 2.12 bits per heavy atom. The topological polar surface area (TPSA) is 75.3 Å². The van der Waals surface area contributed by atoms with Gasteiger partial charge in [-0.25, -0.2) is 9.52 Å². The van der Waals surface area contributed by atoms with E-state index >= 15 is 0 Å². The summed E-state index contributed by atoms with van der Waals surface area (Å²) in [6.45, 7) is 0.